The SMILES string of the molecule is CC(=O)N(C)c1cccc(C)c1.CCC[Si](C)(C)c1cccc(N(C)C(C)=O)c1. The van der Waals surface area contributed by atoms with Gasteiger partial charge in [0.15, 0.2) is 0 Å². The molecule has 0 aromatic heterocycles. The number of hydrogen-bond donors (Lipinski definition) is 0. The molecule has 0 fully saturated rings. The van der Waals surface area contributed by atoms with Gasteiger partial charge in [-0.05, 0) is 36.8 Å². The van der Waals surface area contributed by atoms with Gasteiger partial charge in [-0.3, -0.25) is 9.59 Å². The van der Waals surface area contributed by atoms with Crippen LogP contribution in [0, 0.1) is 6.92 Å². The Bertz CT molecular complexity index is 833. The van der Waals surface area contributed by atoms with Gasteiger partial charge in [-0.15, -0.1) is 0 Å². The zero-order valence-electron chi connectivity index (χ0n) is 19.2. The minimum Gasteiger partial charge on any atom is -0.316 e. The Balaban J connectivity index is 0.000000308. The van der Waals surface area contributed by atoms with E-state index in [2.05, 4.69) is 38.2 Å². The molecule has 2 aromatic carbocycles. The van der Waals surface area contributed by atoms with Crippen LogP contribution >= 0.6 is 0 Å². The standard InChI is InChI=1S/C14H23NOSi.C10H13NO/c1-6-10-17(4,5)14-9-7-8-13(11-14)15(3)12(2)16;1-8-5-4-6-10(7-8)11(3)9(2)12/h7-9,11H,6,10H2,1-5H3;4-7H,1-3H3. The maximum atomic E-state index is 11.4. The number of benzene rings is 2. The minimum absolute atomic E-state index is 0.0561. The Labute approximate surface area is 177 Å². The molecule has 0 saturated carbocycles. The Hall–Kier alpha value is -2.40. The van der Waals surface area contributed by atoms with E-state index in [-0.39, 0.29) is 11.8 Å². The molecule has 0 unspecified atom stereocenters. The van der Waals surface area contributed by atoms with Crippen molar-refractivity contribution < 1.29 is 9.59 Å². The Morgan fingerprint density at radius 1 is 0.862 bits per heavy atom. The van der Waals surface area contributed by atoms with Crippen LogP contribution in [0.4, 0.5) is 11.4 Å². The van der Waals surface area contributed by atoms with Crippen LogP contribution in [0.2, 0.25) is 19.1 Å². The van der Waals surface area contributed by atoms with E-state index in [0.29, 0.717) is 0 Å². The van der Waals surface area contributed by atoms with Crippen molar-refractivity contribution >= 4 is 36.4 Å². The minimum atomic E-state index is -1.33. The van der Waals surface area contributed by atoms with Crippen molar-refractivity contribution in [3.63, 3.8) is 0 Å². The van der Waals surface area contributed by atoms with Gasteiger partial charge >= 0.3 is 0 Å². The average molecular weight is 413 g/mol. The highest BCUT2D eigenvalue weighted by Crippen LogP contribution is 2.17. The Morgan fingerprint density at radius 3 is 1.79 bits per heavy atom. The number of nitrogens with zero attached hydrogens (tertiary/aromatic N) is 2. The fourth-order valence-corrected chi connectivity index (χ4v) is 5.73. The number of carbonyl (C=O) groups is 2. The molecule has 0 aliphatic rings. The maximum absolute atomic E-state index is 11.4. The molecule has 2 rings (SSSR count). The third kappa shape index (κ3) is 7.50. The van der Waals surface area contributed by atoms with E-state index in [1.807, 2.05) is 44.3 Å². The van der Waals surface area contributed by atoms with Crippen LogP contribution < -0.4 is 15.0 Å². The second kappa shape index (κ2) is 11.0. The van der Waals surface area contributed by atoms with E-state index in [9.17, 15) is 9.59 Å². The second-order valence-corrected chi connectivity index (χ2v) is 13.0. The van der Waals surface area contributed by atoms with Crippen molar-refractivity contribution in [2.45, 2.75) is 53.3 Å². The van der Waals surface area contributed by atoms with Crippen molar-refractivity contribution in [1.82, 2.24) is 0 Å². The molecule has 0 radical (unpaired) electrons. The van der Waals surface area contributed by atoms with Crippen molar-refractivity contribution in [2.75, 3.05) is 23.9 Å². The normalized spacial score (nSPS) is 10.6. The van der Waals surface area contributed by atoms with Gasteiger partial charge in [0.1, 0.15) is 0 Å². The summed E-state index contributed by atoms with van der Waals surface area (Å²) in [6.07, 6.45) is 1.23. The summed E-state index contributed by atoms with van der Waals surface area (Å²) in [5.74, 6) is 0.137. The zero-order valence-corrected chi connectivity index (χ0v) is 20.2. The lowest BCUT2D eigenvalue weighted by atomic mass is 10.2. The van der Waals surface area contributed by atoms with Crippen molar-refractivity contribution in [2.24, 2.45) is 0 Å². The van der Waals surface area contributed by atoms with Gasteiger partial charge in [-0.25, -0.2) is 0 Å². The molecular formula is C24H36N2O2Si. The van der Waals surface area contributed by atoms with Crippen LogP contribution in [0.25, 0.3) is 0 Å². The lowest BCUT2D eigenvalue weighted by Gasteiger charge is -2.24. The fourth-order valence-electron chi connectivity index (χ4n) is 3.11. The third-order valence-corrected chi connectivity index (χ3v) is 8.85. The van der Waals surface area contributed by atoms with Crippen LogP contribution in [0.15, 0.2) is 48.5 Å². The summed E-state index contributed by atoms with van der Waals surface area (Å²) < 4.78 is 0. The molecule has 0 bridgehead atoms. The smallest absolute Gasteiger partial charge is 0.223 e. The molecule has 0 heterocycles. The van der Waals surface area contributed by atoms with E-state index in [1.54, 1.807) is 30.7 Å². The summed E-state index contributed by atoms with van der Waals surface area (Å²) in [6, 6.07) is 17.6. The average Bonchev–Trinajstić information content (AvgIpc) is 2.67. The van der Waals surface area contributed by atoms with Gasteiger partial charge in [-0.1, -0.05) is 61.9 Å². The van der Waals surface area contributed by atoms with E-state index in [1.165, 1.54) is 23.2 Å². The van der Waals surface area contributed by atoms with Gasteiger partial charge in [0.2, 0.25) is 11.8 Å². The van der Waals surface area contributed by atoms with Gasteiger partial charge in [0.25, 0.3) is 0 Å². The van der Waals surface area contributed by atoms with Crippen molar-refractivity contribution in [3.8, 4) is 0 Å². The first-order chi connectivity index (χ1) is 13.5. The summed E-state index contributed by atoms with van der Waals surface area (Å²) in [7, 11) is 2.27. The lowest BCUT2D eigenvalue weighted by molar-refractivity contribution is -0.117. The molecule has 0 aliphatic heterocycles. The molecule has 2 aromatic rings. The van der Waals surface area contributed by atoms with Gasteiger partial charge in [0, 0.05) is 39.3 Å². The van der Waals surface area contributed by atoms with E-state index in [4.69, 9.17) is 0 Å². The quantitative estimate of drug-likeness (QED) is 0.650. The summed E-state index contributed by atoms with van der Waals surface area (Å²) in [5, 5.41) is 1.44. The second-order valence-electron chi connectivity index (χ2n) is 8.18. The van der Waals surface area contributed by atoms with Crippen LogP contribution in [0.1, 0.15) is 32.8 Å². The largest absolute Gasteiger partial charge is 0.316 e. The number of hydrogen-bond acceptors (Lipinski definition) is 2. The summed E-state index contributed by atoms with van der Waals surface area (Å²) in [6.45, 7) is 12.2. The molecule has 158 valence electrons. The molecule has 0 N–H and O–H groups in total. The first-order valence-corrected chi connectivity index (χ1v) is 13.4. The molecule has 0 aliphatic carbocycles. The van der Waals surface area contributed by atoms with Crippen molar-refractivity contribution in [3.05, 3.63) is 54.1 Å². The number of aryl methyl sites for hydroxylation is 1. The van der Waals surface area contributed by atoms with Crippen LogP contribution in [-0.2, 0) is 9.59 Å². The molecular weight excluding hydrogens is 376 g/mol. The summed E-state index contributed by atoms with van der Waals surface area (Å²) in [5.41, 5.74) is 3.12. The highest BCUT2D eigenvalue weighted by Gasteiger charge is 2.22. The van der Waals surface area contributed by atoms with E-state index >= 15 is 0 Å². The third-order valence-electron chi connectivity index (χ3n) is 5.22. The van der Waals surface area contributed by atoms with E-state index in [0.717, 1.165) is 11.4 Å². The van der Waals surface area contributed by atoms with Crippen LogP contribution in [0.5, 0.6) is 0 Å². The highest BCUT2D eigenvalue weighted by molar-refractivity contribution is 6.89. The van der Waals surface area contributed by atoms with Gasteiger partial charge in [-0.2, -0.15) is 0 Å². The Kier molecular flexibility index (Phi) is 9.31. The van der Waals surface area contributed by atoms with Crippen molar-refractivity contribution in [1.29, 1.82) is 0 Å². The molecule has 4 nitrogen and oxygen atoms in total. The molecule has 0 atom stereocenters. The van der Waals surface area contributed by atoms with Gasteiger partial charge in [0.05, 0.1) is 8.07 Å². The monoisotopic (exact) mass is 412 g/mol. The highest BCUT2D eigenvalue weighted by atomic mass is 28.3. The molecule has 2 amide bonds. The predicted octanol–water partition coefficient (Wildman–Crippen LogP) is 4.97. The molecule has 5 heteroatoms. The first-order valence-electron chi connectivity index (χ1n) is 10.2. The van der Waals surface area contributed by atoms with E-state index < -0.39 is 8.07 Å². The van der Waals surface area contributed by atoms with Crippen LogP contribution in [-0.4, -0.2) is 34.0 Å². The summed E-state index contributed by atoms with van der Waals surface area (Å²) >= 11 is 0. The number of anilines is 2. The number of amides is 2. The van der Waals surface area contributed by atoms with Gasteiger partial charge < -0.3 is 9.80 Å². The predicted molar refractivity (Wildman–Crippen MR) is 128 cm³/mol. The lowest BCUT2D eigenvalue weighted by Crippen LogP contribution is -2.41. The molecule has 0 spiro atoms. The molecule has 29 heavy (non-hydrogen) atoms. The fraction of sp³-hybridized carbons (Fsp3) is 0.417. The Morgan fingerprint density at radius 2 is 1.34 bits per heavy atom. The first kappa shape index (κ1) is 24.6. The number of rotatable bonds is 5. The topological polar surface area (TPSA) is 40.6 Å². The molecule has 0 saturated heterocycles. The zero-order chi connectivity index (χ0) is 22.2. The number of carbonyl (C=O) groups excluding carboxylic acids is 2. The van der Waals surface area contributed by atoms with Crippen LogP contribution in [0.3, 0.4) is 0 Å². The summed E-state index contributed by atoms with van der Waals surface area (Å²) in [4.78, 5) is 25.7. The maximum Gasteiger partial charge on any atom is 0.223 e.